The van der Waals surface area contributed by atoms with Crippen molar-refractivity contribution in [2.75, 3.05) is 4.72 Å². The van der Waals surface area contributed by atoms with E-state index in [0.29, 0.717) is 0 Å². The quantitative estimate of drug-likeness (QED) is 0.790. The van der Waals surface area contributed by atoms with Gasteiger partial charge < -0.3 is 5.11 Å². The van der Waals surface area contributed by atoms with Crippen molar-refractivity contribution in [2.45, 2.75) is 4.90 Å². The molecule has 0 fully saturated rings. The van der Waals surface area contributed by atoms with Gasteiger partial charge >= 0.3 is 5.97 Å². The molecule has 0 amide bonds. The van der Waals surface area contributed by atoms with Gasteiger partial charge in [-0.05, 0) is 24.3 Å². The van der Waals surface area contributed by atoms with Gasteiger partial charge in [-0.25, -0.2) is 18.2 Å². The molecule has 116 valence electrons. The molecule has 0 bridgehead atoms. The van der Waals surface area contributed by atoms with Gasteiger partial charge in [-0.2, -0.15) is 0 Å². The summed E-state index contributed by atoms with van der Waals surface area (Å²) in [6.07, 6.45) is 1.20. The monoisotopic (exact) mass is 380 g/mol. The highest BCUT2D eigenvalue weighted by atomic mass is 35.5. The number of aromatic nitrogens is 1. The smallest absolute Gasteiger partial charge is 0.335 e. The molecule has 0 aliphatic heterocycles. The molecular formula is C12H7Cl3N2O4S. The summed E-state index contributed by atoms with van der Waals surface area (Å²) in [7, 11) is -4.15. The van der Waals surface area contributed by atoms with Crippen molar-refractivity contribution < 1.29 is 18.3 Å². The Morgan fingerprint density at radius 2 is 1.86 bits per heavy atom. The van der Waals surface area contributed by atoms with Crippen LogP contribution in [0.5, 0.6) is 0 Å². The van der Waals surface area contributed by atoms with Crippen molar-refractivity contribution in [3.63, 3.8) is 0 Å². The van der Waals surface area contributed by atoms with Crippen molar-refractivity contribution in [2.24, 2.45) is 0 Å². The number of carboxylic acid groups (broad SMARTS) is 1. The van der Waals surface area contributed by atoms with Crippen LogP contribution in [-0.4, -0.2) is 24.5 Å². The molecule has 0 saturated carbocycles. The fourth-order valence-electron chi connectivity index (χ4n) is 1.53. The second-order valence-corrected chi connectivity index (χ2v) is 6.87. The zero-order chi connectivity index (χ0) is 16.5. The molecular weight excluding hydrogens is 375 g/mol. The molecule has 22 heavy (non-hydrogen) atoms. The number of aromatic carboxylic acids is 1. The SMILES string of the molecule is O=C(O)c1cc(Cl)c(Cl)c(S(=O)(=O)Nc2ccc(Cl)nc2)c1. The van der Waals surface area contributed by atoms with E-state index in [1.54, 1.807) is 0 Å². The maximum atomic E-state index is 12.3. The van der Waals surface area contributed by atoms with Crippen LogP contribution in [0, 0.1) is 0 Å². The minimum atomic E-state index is -4.15. The van der Waals surface area contributed by atoms with Gasteiger partial charge in [0.15, 0.2) is 0 Å². The zero-order valence-corrected chi connectivity index (χ0v) is 13.6. The second kappa shape index (κ2) is 6.29. The molecule has 0 spiro atoms. The molecule has 2 rings (SSSR count). The summed E-state index contributed by atoms with van der Waals surface area (Å²) in [6, 6.07) is 4.77. The predicted molar refractivity (Wildman–Crippen MR) is 83.5 cm³/mol. The molecule has 1 aromatic carbocycles. The van der Waals surface area contributed by atoms with Gasteiger partial charge in [-0.3, -0.25) is 4.72 Å². The largest absolute Gasteiger partial charge is 0.478 e. The summed E-state index contributed by atoms with van der Waals surface area (Å²) in [5.41, 5.74) is -0.165. The van der Waals surface area contributed by atoms with Crippen LogP contribution in [0.1, 0.15) is 10.4 Å². The van der Waals surface area contributed by atoms with E-state index < -0.39 is 20.9 Å². The van der Waals surface area contributed by atoms with Crippen molar-refractivity contribution in [3.05, 3.63) is 51.2 Å². The fourth-order valence-corrected chi connectivity index (χ4v) is 3.50. The van der Waals surface area contributed by atoms with Crippen LogP contribution in [0.2, 0.25) is 15.2 Å². The van der Waals surface area contributed by atoms with E-state index in [0.717, 1.165) is 12.1 Å². The van der Waals surface area contributed by atoms with E-state index in [1.165, 1.54) is 18.3 Å². The maximum absolute atomic E-state index is 12.3. The Labute approximate surface area is 140 Å². The first-order valence-corrected chi connectivity index (χ1v) is 8.19. The van der Waals surface area contributed by atoms with Crippen LogP contribution in [0.25, 0.3) is 0 Å². The number of nitrogens with one attached hydrogen (secondary N) is 1. The lowest BCUT2D eigenvalue weighted by Crippen LogP contribution is -2.14. The van der Waals surface area contributed by atoms with Crippen molar-refractivity contribution >= 4 is 56.5 Å². The Morgan fingerprint density at radius 1 is 1.18 bits per heavy atom. The van der Waals surface area contributed by atoms with E-state index in [-0.39, 0.29) is 26.4 Å². The van der Waals surface area contributed by atoms with Crippen LogP contribution in [0.4, 0.5) is 5.69 Å². The van der Waals surface area contributed by atoms with E-state index in [2.05, 4.69) is 9.71 Å². The van der Waals surface area contributed by atoms with E-state index in [1.807, 2.05) is 0 Å². The number of carbonyl (C=O) groups is 1. The Morgan fingerprint density at radius 3 is 2.41 bits per heavy atom. The number of nitrogens with zero attached hydrogens (tertiary/aromatic N) is 1. The standard InChI is InChI=1S/C12H7Cl3N2O4S/c13-8-3-6(12(18)19)4-9(11(8)15)22(20,21)17-7-1-2-10(14)16-5-7/h1-5,17H,(H,18,19). The first-order valence-electron chi connectivity index (χ1n) is 5.57. The van der Waals surface area contributed by atoms with Crippen LogP contribution < -0.4 is 4.72 Å². The van der Waals surface area contributed by atoms with Crippen molar-refractivity contribution in [3.8, 4) is 0 Å². The molecule has 10 heteroatoms. The summed E-state index contributed by atoms with van der Waals surface area (Å²) < 4.78 is 26.9. The number of anilines is 1. The average Bonchev–Trinajstić information content (AvgIpc) is 2.43. The number of benzene rings is 1. The number of hydrogen-bond acceptors (Lipinski definition) is 4. The third kappa shape index (κ3) is 3.61. The first kappa shape index (κ1) is 16.8. The van der Waals surface area contributed by atoms with Gasteiger partial charge in [0, 0.05) is 0 Å². The topological polar surface area (TPSA) is 96.4 Å². The number of halogens is 3. The second-order valence-electron chi connectivity index (χ2n) is 4.05. The molecule has 0 aliphatic carbocycles. The number of pyridine rings is 1. The van der Waals surface area contributed by atoms with Gasteiger partial charge in [0.1, 0.15) is 10.0 Å². The third-order valence-corrected chi connectivity index (χ3v) is 5.05. The molecule has 6 nitrogen and oxygen atoms in total. The molecule has 0 aliphatic rings. The van der Waals surface area contributed by atoms with Crippen molar-refractivity contribution in [1.29, 1.82) is 0 Å². The summed E-state index contributed by atoms with van der Waals surface area (Å²) >= 11 is 17.3. The molecule has 2 aromatic rings. The lowest BCUT2D eigenvalue weighted by molar-refractivity contribution is 0.0696. The lowest BCUT2D eigenvalue weighted by Gasteiger charge is -2.11. The van der Waals surface area contributed by atoms with E-state index in [9.17, 15) is 13.2 Å². The summed E-state index contributed by atoms with van der Waals surface area (Å²) in [5.74, 6) is -1.33. The summed E-state index contributed by atoms with van der Waals surface area (Å²) in [6.45, 7) is 0. The highest BCUT2D eigenvalue weighted by molar-refractivity contribution is 7.92. The first-order chi connectivity index (χ1) is 10.2. The molecule has 0 saturated heterocycles. The van der Waals surface area contributed by atoms with Crippen LogP contribution in [0.15, 0.2) is 35.4 Å². The minimum Gasteiger partial charge on any atom is -0.478 e. The Hall–Kier alpha value is -1.54. The van der Waals surface area contributed by atoms with Crippen molar-refractivity contribution in [1.82, 2.24) is 4.98 Å². The van der Waals surface area contributed by atoms with Gasteiger partial charge in [-0.15, -0.1) is 0 Å². The fraction of sp³-hybridized carbons (Fsp3) is 0. The maximum Gasteiger partial charge on any atom is 0.335 e. The normalized spacial score (nSPS) is 11.2. The Kier molecular flexibility index (Phi) is 4.81. The summed E-state index contributed by atoms with van der Waals surface area (Å²) in [5, 5.41) is 8.70. The van der Waals surface area contributed by atoms with Crippen LogP contribution >= 0.6 is 34.8 Å². The lowest BCUT2D eigenvalue weighted by atomic mass is 10.2. The molecule has 0 radical (unpaired) electrons. The molecule has 1 heterocycles. The van der Waals surface area contributed by atoms with E-state index in [4.69, 9.17) is 39.9 Å². The third-order valence-electron chi connectivity index (χ3n) is 2.51. The minimum absolute atomic E-state index is 0.136. The number of hydrogen-bond donors (Lipinski definition) is 2. The van der Waals surface area contributed by atoms with Crippen LogP contribution in [0.3, 0.4) is 0 Å². The predicted octanol–water partition coefficient (Wildman–Crippen LogP) is 3.54. The summed E-state index contributed by atoms with van der Waals surface area (Å²) in [4.78, 5) is 14.3. The number of rotatable bonds is 4. The molecule has 2 N–H and O–H groups in total. The Balaban J connectivity index is 2.49. The van der Waals surface area contributed by atoms with Gasteiger partial charge in [0.05, 0.1) is 27.5 Å². The molecule has 0 unspecified atom stereocenters. The van der Waals surface area contributed by atoms with Gasteiger partial charge in [0.25, 0.3) is 10.0 Å². The molecule has 0 atom stereocenters. The van der Waals surface area contributed by atoms with Gasteiger partial charge in [0.2, 0.25) is 0 Å². The van der Waals surface area contributed by atoms with E-state index >= 15 is 0 Å². The molecule has 1 aromatic heterocycles. The highest BCUT2D eigenvalue weighted by Crippen LogP contribution is 2.32. The van der Waals surface area contributed by atoms with Crippen LogP contribution in [-0.2, 0) is 10.0 Å². The number of carboxylic acids is 1. The highest BCUT2D eigenvalue weighted by Gasteiger charge is 2.23. The number of sulfonamides is 1. The Bertz CT molecular complexity index is 838. The zero-order valence-electron chi connectivity index (χ0n) is 10.5. The average molecular weight is 382 g/mol. The van der Waals surface area contributed by atoms with Gasteiger partial charge in [-0.1, -0.05) is 34.8 Å².